The Kier molecular flexibility index (Phi) is 3.42. The van der Waals surface area contributed by atoms with Crippen LogP contribution >= 0.6 is 0 Å². The van der Waals surface area contributed by atoms with Gasteiger partial charge in [-0.15, -0.1) is 0 Å². The van der Waals surface area contributed by atoms with E-state index in [0.717, 1.165) is 6.54 Å². The van der Waals surface area contributed by atoms with E-state index >= 15 is 0 Å². The van der Waals surface area contributed by atoms with Gasteiger partial charge < -0.3 is 0 Å². The molecule has 0 saturated heterocycles. The van der Waals surface area contributed by atoms with E-state index in [4.69, 9.17) is 0 Å². The molecule has 0 aromatic carbocycles. The second kappa shape index (κ2) is 4.37. The van der Waals surface area contributed by atoms with Crippen molar-refractivity contribution in [2.24, 2.45) is 0 Å². The summed E-state index contributed by atoms with van der Waals surface area (Å²) in [7, 11) is -2.81. The van der Waals surface area contributed by atoms with Crippen LogP contribution in [0.4, 0.5) is 0 Å². The maximum atomic E-state index is 10.8. The van der Waals surface area contributed by atoms with Gasteiger partial charge in [0.2, 0.25) is 0 Å². The molecule has 0 spiro atoms. The Morgan fingerprint density at radius 2 is 1.77 bits per heavy atom. The van der Waals surface area contributed by atoms with E-state index in [1.807, 2.05) is 35.2 Å². The first kappa shape index (κ1) is 10.2. The Morgan fingerprint density at radius 3 is 2.31 bits per heavy atom. The lowest BCUT2D eigenvalue weighted by Crippen LogP contribution is -2.33. The van der Waals surface area contributed by atoms with Gasteiger partial charge >= 0.3 is 0 Å². The summed E-state index contributed by atoms with van der Waals surface area (Å²) in [5.41, 5.74) is 0. The van der Waals surface area contributed by atoms with E-state index in [1.54, 1.807) is 0 Å². The molecule has 0 aliphatic carbocycles. The number of pyridine rings is 1. The minimum atomic E-state index is -2.81. The van der Waals surface area contributed by atoms with Crippen LogP contribution in [-0.4, -0.2) is 20.4 Å². The van der Waals surface area contributed by atoms with E-state index in [9.17, 15) is 8.42 Å². The van der Waals surface area contributed by atoms with E-state index in [-0.39, 0.29) is 5.75 Å². The van der Waals surface area contributed by atoms with E-state index in [1.165, 1.54) is 6.26 Å². The highest BCUT2D eigenvalue weighted by Gasteiger charge is 2.04. The van der Waals surface area contributed by atoms with Crippen molar-refractivity contribution in [2.45, 2.75) is 13.0 Å². The number of hydrogen-bond acceptors (Lipinski definition) is 2. The molecule has 0 unspecified atom stereocenters. The maximum Gasteiger partial charge on any atom is 0.168 e. The normalized spacial score (nSPS) is 11.5. The Morgan fingerprint density at radius 1 is 1.15 bits per heavy atom. The number of hydrogen-bond donors (Lipinski definition) is 0. The van der Waals surface area contributed by atoms with Gasteiger partial charge in [0.1, 0.15) is 16.4 Å². The number of sulfone groups is 1. The van der Waals surface area contributed by atoms with Crippen LogP contribution in [0.3, 0.4) is 0 Å². The summed E-state index contributed by atoms with van der Waals surface area (Å²) in [5, 5.41) is 0. The molecule has 4 heteroatoms. The van der Waals surface area contributed by atoms with E-state index in [0.29, 0.717) is 6.42 Å². The first-order valence-electron chi connectivity index (χ1n) is 4.20. The largest absolute Gasteiger partial charge is 0.229 e. The summed E-state index contributed by atoms with van der Waals surface area (Å²) < 4.78 is 23.6. The van der Waals surface area contributed by atoms with Gasteiger partial charge in [-0.25, -0.2) is 13.0 Å². The van der Waals surface area contributed by atoms with Crippen molar-refractivity contribution < 1.29 is 13.0 Å². The summed E-state index contributed by atoms with van der Waals surface area (Å²) >= 11 is 0. The smallest absolute Gasteiger partial charge is 0.168 e. The second-order valence-corrected chi connectivity index (χ2v) is 5.36. The monoisotopic (exact) mass is 200 g/mol. The fourth-order valence-electron chi connectivity index (χ4n) is 1.09. The molecule has 0 fully saturated rings. The molecular weight excluding hydrogens is 186 g/mol. The predicted molar refractivity (Wildman–Crippen MR) is 51.0 cm³/mol. The summed E-state index contributed by atoms with van der Waals surface area (Å²) in [6.07, 6.45) is 5.81. The van der Waals surface area contributed by atoms with Crippen molar-refractivity contribution in [3.63, 3.8) is 0 Å². The molecule has 13 heavy (non-hydrogen) atoms. The van der Waals surface area contributed by atoms with Crippen LogP contribution in [-0.2, 0) is 16.4 Å². The highest BCUT2D eigenvalue weighted by Crippen LogP contribution is 1.88. The third kappa shape index (κ3) is 4.62. The minimum absolute atomic E-state index is 0.259. The molecule has 0 aliphatic heterocycles. The zero-order valence-corrected chi connectivity index (χ0v) is 8.50. The van der Waals surface area contributed by atoms with Crippen molar-refractivity contribution in [2.75, 3.05) is 12.0 Å². The van der Waals surface area contributed by atoms with Crippen molar-refractivity contribution in [3.8, 4) is 0 Å². The molecule has 1 aromatic heterocycles. The molecule has 0 radical (unpaired) electrons. The number of aromatic nitrogens is 1. The first-order valence-corrected chi connectivity index (χ1v) is 6.26. The van der Waals surface area contributed by atoms with E-state index in [2.05, 4.69) is 0 Å². The zero-order chi connectivity index (χ0) is 9.73. The fourth-order valence-corrected chi connectivity index (χ4v) is 1.75. The highest BCUT2D eigenvalue weighted by molar-refractivity contribution is 7.90. The number of nitrogens with zero attached hydrogens (tertiary/aromatic N) is 1. The highest BCUT2D eigenvalue weighted by atomic mass is 32.2. The average Bonchev–Trinajstić information content (AvgIpc) is 2.04. The topological polar surface area (TPSA) is 38.0 Å². The van der Waals surface area contributed by atoms with Gasteiger partial charge in [0.05, 0.1) is 5.75 Å². The molecule has 0 bridgehead atoms. The standard InChI is InChI=1S/C9H14NO2S/c1-13(11,12)9-5-8-10-6-3-2-4-7-10/h2-4,6-7H,5,8-9H2,1H3/q+1. The lowest BCUT2D eigenvalue weighted by molar-refractivity contribution is -0.696. The molecule has 1 rings (SSSR count). The average molecular weight is 200 g/mol. The summed E-state index contributed by atoms with van der Waals surface area (Å²) in [4.78, 5) is 0. The third-order valence-electron chi connectivity index (χ3n) is 1.71. The van der Waals surface area contributed by atoms with Crippen LogP contribution in [0.2, 0.25) is 0 Å². The zero-order valence-electron chi connectivity index (χ0n) is 7.68. The Bertz CT molecular complexity index is 345. The van der Waals surface area contributed by atoms with Gasteiger partial charge in [-0.1, -0.05) is 6.07 Å². The lowest BCUT2D eigenvalue weighted by Gasteiger charge is -1.95. The van der Waals surface area contributed by atoms with E-state index < -0.39 is 9.84 Å². The molecule has 0 aliphatic rings. The van der Waals surface area contributed by atoms with Crippen LogP contribution < -0.4 is 4.57 Å². The molecular formula is C9H14NO2S+. The van der Waals surface area contributed by atoms with Gasteiger partial charge in [0.15, 0.2) is 12.4 Å². The molecule has 72 valence electrons. The predicted octanol–water partition coefficient (Wildman–Crippen LogP) is 0.409. The maximum absolute atomic E-state index is 10.8. The quantitative estimate of drug-likeness (QED) is 0.660. The Balaban J connectivity index is 2.37. The fraction of sp³-hybridized carbons (Fsp3) is 0.444. The van der Waals surface area contributed by atoms with Gasteiger partial charge in [0, 0.05) is 24.8 Å². The second-order valence-electron chi connectivity index (χ2n) is 3.10. The number of rotatable bonds is 4. The van der Waals surface area contributed by atoms with Gasteiger partial charge in [-0.2, -0.15) is 0 Å². The molecule has 3 nitrogen and oxygen atoms in total. The Hall–Kier alpha value is -0.900. The summed E-state index contributed by atoms with van der Waals surface area (Å²) in [6.45, 7) is 0.758. The van der Waals surface area contributed by atoms with Crippen molar-refractivity contribution in [1.82, 2.24) is 0 Å². The summed E-state index contributed by atoms with van der Waals surface area (Å²) in [6, 6.07) is 5.80. The SMILES string of the molecule is CS(=O)(=O)CCC[n+]1ccccc1. The van der Waals surface area contributed by atoms with Crippen LogP contribution in [0.25, 0.3) is 0 Å². The van der Waals surface area contributed by atoms with Crippen LogP contribution in [0.5, 0.6) is 0 Å². The Labute approximate surface area is 78.9 Å². The molecule has 0 amide bonds. The number of aryl methyl sites for hydroxylation is 1. The molecule has 0 N–H and O–H groups in total. The molecule has 1 heterocycles. The van der Waals surface area contributed by atoms with Crippen molar-refractivity contribution in [3.05, 3.63) is 30.6 Å². The van der Waals surface area contributed by atoms with Crippen LogP contribution in [0.1, 0.15) is 6.42 Å². The van der Waals surface area contributed by atoms with Crippen molar-refractivity contribution in [1.29, 1.82) is 0 Å². The molecule has 0 atom stereocenters. The van der Waals surface area contributed by atoms with Gasteiger partial charge in [-0.3, -0.25) is 0 Å². The van der Waals surface area contributed by atoms with Crippen LogP contribution in [0.15, 0.2) is 30.6 Å². The molecule has 0 saturated carbocycles. The van der Waals surface area contributed by atoms with Crippen LogP contribution in [0, 0.1) is 0 Å². The first-order chi connectivity index (χ1) is 6.08. The van der Waals surface area contributed by atoms with Gasteiger partial charge in [0.25, 0.3) is 0 Å². The molecule has 1 aromatic rings. The third-order valence-corrected chi connectivity index (χ3v) is 2.74. The minimum Gasteiger partial charge on any atom is -0.229 e. The lowest BCUT2D eigenvalue weighted by atomic mass is 10.4. The summed E-state index contributed by atoms with van der Waals surface area (Å²) in [5.74, 6) is 0.259. The van der Waals surface area contributed by atoms with Crippen molar-refractivity contribution >= 4 is 9.84 Å². The van der Waals surface area contributed by atoms with Gasteiger partial charge in [-0.05, 0) is 0 Å².